The number of nitrogens with zero attached hydrogens (tertiary/aromatic N) is 2. The smallest absolute Gasteiger partial charge is 0.224 e. The lowest BCUT2D eigenvalue weighted by molar-refractivity contribution is -0.132. The summed E-state index contributed by atoms with van der Waals surface area (Å²) in [5, 5.41) is 0. The number of benzene rings is 1. The Morgan fingerprint density at radius 2 is 2.20 bits per heavy atom. The van der Waals surface area contributed by atoms with Gasteiger partial charge in [-0.3, -0.25) is 4.79 Å². The number of hydrogen-bond donors (Lipinski definition) is 2. The van der Waals surface area contributed by atoms with Crippen LogP contribution in [0.5, 0.6) is 0 Å². The van der Waals surface area contributed by atoms with E-state index >= 15 is 0 Å². The van der Waals surface area contributed by atoms with E-state index in [4.69, 9.17) is 0 Å². The second-order valence-corrected chi connectivity index (χ2v) is 5.34. The Morgan fingerprint density at radius 3 is 2.95 bits per heavy atom. The zero-order chi connectivity index (χ0) is 13.9. The highest BCUT2D eigenvalue weighted by atomic mass is 32.1. The molecule has 1 aromatic carbocycles. The van der Waals surface area contributed by atoms with Crippen molar-refractivity contribution in [3.63, 3.8) is 0 Å². The molecule has 1 amide bonds. The van der Waals surface area contributed by atoms with Crippen molar-refractivity contribution in [3.8, 4) is 0 Å². The van der Waals surface area contributed by atoms with Gasteiger partial charge >= 0.3 is 0 Å². The van der Waals surface area contributed by atoms with Gasteiger partial charge in [-0.2, -0.15) is 12.6 Å². The average Bonchev–Trinajstić information content (AvgIpc) is 2.95. The van der Waals surface area contributed by atoms with E-state index in [1.165, 1.54) is 0 Å². The lowest BCUT2D eigenvalue weighted by Crippen LogP contribution is -2.40. The Hall–Kier alpha value is -1.75. The van der Waals surface area contributed by atoms with Gasteiger partial charge in [-0.15, -0.1) is 0 Å². The molecule has 1 aliphatic rings. The third kappa shape index (κ3) is 2.33. The molecule has 5 heteroatoms. The van der Waals surface area contributed by atoms with Crippen molar-refractivity contribution in [2.75, 3.05) is 12.3 Å². The molecule has 1 aromatic heterocycles. The number of hydrogen-bond acceptors (Lipinski definition) is 3. The first kappa shape index (κ1) is 13.2. The fourth-order valence-corrected chi connectivity index (χ4v) is 2.95. The molecular formula is C15H17N3OS. The molecule has 3 rings (SSSR count). The Kier molecular flexibility index (Phi) is 3.78. The van der Waals surface area contributed by atoms with Gasteiger partial charge in [0.05, 0.1) is 12.0 Å². The number of aromatic nitrogens is 2. The minimum absolute atomic E-state index is 0.0846. The SMILES string of the molecule is O=C(CCS)N1CCc2[nH]cnc2C1c1ccccc1. The van der Waals surface area contributed by atoms with Crippen molar-refractivity contribution in [3.05, 3.63) is 53.6 Å². The molecule has 2 heterocycles. The highest BCUT2D eigenvalue weighted by Crippen LogP contribution is 2.33. The number of carbonyl (C=O) groups is 1. The normalized spacial score (nSPS) is 17.9. The van der Waals surface area contributed by atoms with E-state index in [0.29, 0.717) is 12.2 Å². The maximum Gasteiger partial charge on any atom is 0.224 e. The summed E-state index contributed by atoms with van der Waals surface area (Å²) in [4.78, 5) is 21.9. The van der Waals surface area contributed by atoms with Crippen molar-refractivity contribution in [1.29, 1.82) is 0 Å². The number of nitrogens with one attached hydrogen (secondary N) is 1. The summed E-state index contributed by atoms with van der Waals surface area (Å²) in [6, 6.07) is 10.00. The quantitative estimate of drug-likeness (QED) is 0.850. The minimum Gasteiger partial charge on any atom is -0.348 e. The van der Waals surface area contributed by atoms with Gasteiger partial charge < -0.3 is 9.88 Å². The largest absolute Gasteiger partial charge is 0.348 e. The first-order valence-corrected chi connectivity index (χ1v) is 7.42. The predicted molar refractivity (Wildman–Crippen MR) is 80.8 cm³/mol. The van der Waals surface area contributed by atoms with Gasteiger partial charge in [0.25, 0.3) is 0 Å². The fraction of sp³-hybridized carbons (Fsp3) is 0.333. The minimum atomic E-state index is -0.0846. The standard InChI is InChI=1S/C15H17N3OS/c19-13(7-9-20)18-8-6-12-14(17-10-16-12)15(18)11-4-2-1-3-5-11/h1-5,10,15,20H,6-9H2,(H,16,17). The summed E-state index contributed by atoms with van der Waals surface area (Å²) in [5.74, 6) is 0.715. The first-order valence-electron chi connectivity index (χ1n) is 6.78. The lowest BCUT2D eigenvalue weighted by Gasteiger charge is -2.35. The molecule has 0 radical (unpaired) electrons. The fourth-order valence-electron chi connectivity index (χ4n) is 2.76. The first-order chi connectivity index (χ1) is 9.81. The Labute approximate surface area is 123 Å². The summed E-state index contributed by atoms with van der Waals surface area (Å²) in [5.41, 5.74) is 3.21. The van der Waals surface area contributed by atoms with Gasteiger partial charge in [-0.25, -0.2) is 4.98 Å². The van der Waals surface area contributed by atoms with Crippen LogP contribution < -0.4 is 0 Å². The predicted octanol–water partition coefficient (Wildman–Crippen LogP) is 2.20. The maximum absolute atomic E-state index is 12.4. The zero-order valence-corrected chi connectivity index (χ0v) is 12.0. The van der Waals surface area contributed by atoms with E-state index in [9.17, 15) is 4.79 Å². The molecule has 2 aromatic rings. The van der Waals surface area contributed by atoms with E-state index in [2.05, 4.69) is 34.7 Å². The van der Waals surface area contributed by atoms with Crippen molar-refractivity contribution >= 4 is 18.5 Å². The van der Waals surface area contributed by atoms with Crippen LogP contribution in [0.1, 0.15) is 29.4 Å². The van der Waals surface area contributed by atoms with Crippen LogP contribution in [0.3, 0.4) is 0 Å². The van der Waals surface area contributed by atoms with Gasteiger partial charge in [0, 0.05) is 25.1 Å². The third-order valence-corrected chi connectivity index (χ3v) is 3.91. The van der Waals surface area contributed by atoms with Gasteiger partial charge in [-0.05, 0) is 11.3 Å². The molecule has 0 saturated heterocycles. The summed E-state index contributed by atoms with van der Waals surface area (Å²) in [7, 11) is 0. The van der Waals surface area contributed by atoms with Gasteiger partial charge in [0.2, 0.25) is 5.91 Å². The monoisotopic (exact) mass is 287 g/mol. The topological polar surface area (TPSA) is 49.0 Å². The molecule has 1 unspecified atom stereocenters. The molecular weight excluding hydrogens is 270 g/mol. The molecule has 0 saturated carbocycles. The van der Waals surface area contributed by atoms with Crippen LogP contribution in [0, 0.1) is 0 Å². The molecule has 1 atom stereocenters. The number of aromatic amines is 1. The molecule has 1 N–H and O–H groups in total. The lowest BCUT2D eigenvalue weighted by atomic mass is 9.95. The Balaban J connectivity index is 2.01. The third-order valence-electron chi connectivity index (χ3n) is 3.69. The van der Waals surface area contributed by atoms with Crippen molar-refractivity contribution in [2.45, 2.75) is 18.9 Å². The van der Waals surface area contributed by atoms with Crippen LogP contribution in [0.15, 0.2) is 36.7 Å². The molecule has 1 aliphatic heterocycles. The molecule has 0 fully saturated rings. The number of H-pyrrole nitrogens is 1. The molecule has 4 nitrogen and oxygen atoms in total. The molecule has 20 heavy (non-hydrogen) atoms. The number of carbonyl (C=O) groups excluding carboxylic acids is 1. The van der Waals surface area contributed by atoms with Crippen molar-refractivity contribution < 1.29 is 4.79 Å². The molecule has 0 spiro atoms. The van der Waals surface area contributed by atoms with Gasteiger partial charge in [0.1, 0.15) is 6.04 Å². The average molecular weight is 287 g/mol. The summed E-state index contributed by atoms with van der Waals surface area (Å²) >= 11 is 4.17. The molecule has 104 valence electrons. The maximum atomic E-state index is 12.4. The van der Waals surface area contributed by atoms with E-state index in [0.717, 1.165) is 29.9 Å². The number of imidazole rings is 1. The zero-order valence-electron chi connectivity index (χ0n) is 11.1. The van der Waals surface area contributed by atoms with Crippen molar-refractivity contribution in [2.24, 2.45) is 0 Å². The van der Waals surface area contributed by atoms with E-state index in [1.54, 1.807) is 6.33 Å². The number of fused-ring (bicyclic) bond motifs is 1. The highest BCUT2D eigenvalue weighted by Gasteiger charge is 2.33. The summed E-state index contributed by atoms with van der Waals surface area (Å²) in [6.45, 7) is 0.724. The van der Waals surface area contributed by atoms with E-state index in [1.807, 2.05) is 23.1 Å². The van der Waals surface area contributed by atoms with Crippen LogP contribution in [0.25, 0.3) is 0 Å². The second kappa shape index (κ2) is 5.71. The van der Waals surface area contributed by atoms with Gasteiger partial charge in [0.15, 0.2) is 0 Å². The van der Waals surface area contributed by atoms with Gasteiger partial charge in [-0.1, -0.05) is 30.3 Å². The molecule has 0 bridgehead atoms. The summed E-state index contributed by atoms with van der Waals surface area (Å²) in [6.07, 6.45) is 3.01. The molecule has 0 aliphatic carbocycles. The Morgan fingerprint density at radius 1 is 1.40 bits per heavy atom. The van der Waals surface area contributed by atoms with Crippen LogP contribution in [0.2, 0.25) is 0 Å². The highest BCUT2D eigenvalue weighted by molar-refractivity contribution is 7.80. The van der Waals surface area contributed by atoms with E-state index < -0.39 is 0 Å². The van der Waals surface area contributed by atoms with Crippen molar-refractivity contribution in [1.82, 2.24) is 14.9 Å². The number of amides is 1. The Bertz CT molecular complexity index is 596. The second-order valence-electron chi connectivity index (χ2n) is 4.89. The van der Waals surface area contributed by atoms with E-state index in [-0.39, 0.29) is 11.9 Å². The van der Waals surface area contributed by atoms with Crippen LogP contribution >= 0.6 is 12.6 Å². The van der Waals surface area contributed by atoms with Crippen LogP contribution in [0.4, 0.5) is 0 Å². The number of thiol groups is 1. The van der Waals surface area contributed by atoms with Crippen LogP contribution in [-0.2, 0) is 11.2 Å². The van der Waals surface area contributed by atoms with Crippen LogP contribution in [-0.4, -0.2) is 33.1 Å². The number of rotatable bonds is 3. The summed E-state index contributed by atoms with van der Waals surface area (Å²) < 4.78 is 0.